The molecule has 0 spiro atoms. The minimum Gasteiger partial charge on any atom is -0.440 e. The molecule has 2 aromatic carbocycles. The lowest BCUT2D eigenvalue weighted by atomic mass is 10.1. The summed E-state index contributed by atoms with van der Waals surface area (Å²) in [6.45, 7) is -2.06. The molecular weight excluding hydrogens is 874 g/mol. The van der Waals surface area contributed by atoms with Crippen molar-refractivity contribution in [1.82, 2.24) is 29.9 Å². The SMILES string of the molecule is FC(F)(F)c1ccccc1Nc1nc(OC(C(F)(F)F)C(F)(F)F)nc(N2CCN(c3nc(Nc4ccccc4C(F)(F)F)nc(OC(C(F)(F)F)C(F)(F)F)n3)CC2)n1. The van der Waals surface area contributed by atoms with Gasteiger partial charge in [0.25, 0.3) is 12.2 Å². The van der Waals surface area contributed by atoms with Crippen molar-refractivity contribution in [2.45, 2.75) is 49.3 Å². The summed E-state index contributed by atoms with van der Waals surface area (Å²) in [5, 5.41) is 4.05. The van der Waals surface area contributed by atoms with Crippen molar-refractivity contribution in [3.05, 3.63) is 59.7 Å². The summed E-state index contributed by atoms with van der Waals surface area (Å²) < 4.78 is 250. The molecule has 1 aliphatic heterocycles. The minimum atomic E-state index is -6.12. The highest BCUT2D eigenvalue weighted by molar-refractivity contribution is 5.61. The van der Waals surface area contributed by atoms with E-state index in [9.17, 15) is 79.0 Å². The van der Waals surface area contributed by atoms with Crippen LogP contribution in [0.3, 0.4) is 0 Å². The zero-order valence-corrected chi connectivity index (χ0v) is 28.8. The van der Waals surface area contributed by atoms with Crippen LogP contribution >= 0.6 is 0 Å². The van der Waals surface area contributed by atoms with Gasteiger partial charge in [-0.05, 0) is 24.3 Å². The van der Waals surface area contributed by atoms with Crippen LogP contribution in [0.25, 0.3) is 0 Å². The van der Waals surface area contributed by atoms with Crippen LogP contribution in [0.15, 0.2) is 48.5 Å². The van der Waals surface area contributed by atoms with Gasteiger partial charge < -0.3 is 29.9 Å². The molecule has 0 aliphatic carbocycles. The Morgan fingerprint density at radius 1 is 0.433 bits per heavy atom. The molecule has 328 valence electrons. The summed E-state index contributed by atoms with van der Waals surface area (Å²) in [5.74, 6) is -3.76. The van der Waals surface area contributed by atoms with Gasteiger partial charge in [-0.3, -0.25) is 0 Å². The van der Waals surface area contributed by atoms with Crippen molar-refractivity contribution in [3.8, 4) is 12.0 Å². The van der Waals surface area contributed by atoms with E-state index in [1.807, 2.05) is 10.6 Å². The number of halogens is 18. The van der Waals surface area contributed by atoms with Crippen molar-refractivity contribution in [1.29, 1.82) is 0 Å². The zero-order chi connectivity index (χ0) is 44.6. The molecule has 30 heteroatoms. The average Bonchev–Trinajstić information content (AvgIpc) is 3.10. The van der Waals surface area contributed by atoms with Crippen LogP contribution in [-0.4, -0.2) is 93.0 Å². The van der Waals surface area contributed by atoms with Crippen molar-refractivity contribution in [2.75, 3.05) is 46.6 Å². The Balaban J connectivity index is 1.50. The van der Waals surface area contributed by atoms with Gasteiger partial charge in [-0.15, -0.1) is 0 Å². The maximum absolute atomic E-state index is 13.7. The first-order valence-electron chi connectivity index (χ1n) is 16.0. The topological polar surface area (TPSA) is 126 Å². The Morgan fingerprint density at radius 3 is 1.02 bits per heavy atom. The summed E-state index contributed by atoms with van der Waals surface area (Å²) >= 11 is 0. The third-order valence-electron chi connectivity index (χ3n) is 7.65. The first-order chi connectivity index (χ1) is 27.5. The van der Waals surface area contributed by atoms with Crippen molar-refractivity contribution in [3.63, 3.8) is 0 Å². The Bertz CT molecular complexity index is 1940. The smallest absolute Gasteiger partial charge is 0.434 e. The molecule has 2 aromatic heterocycles. The average molecular weight is 895 g/mol. The normalized spacial score (nSPS) is 14.8. The van der Waals surface area contributed by atoms with Crippen LogP contribution in [-0.2, 0) is 12.4 Å². The summed E-state index contributed by atoms with van der Waals surface area (Å²) in [6.07, 6.45) is -43.7. The lowest BCUT2D eigenvalue weighted by Crippen LogP contribution is -2.48. The molecule has 12 nitrogen and oxygen atoms in total. The van der Waals surface area contributed by atoms with E-state index in [2.05, 4.69) is 39.4 Å². The Kier molecular flexibility index (Phi) is 12.2. The van der Waals surface area contributed by atoms with Crippen molar-refractivity contribution < 1.29 is 88.5 Å². The number of alkyl halides is 18. The number of aromatic nitrogens is 6. The van der Waals surface area contributed by atoms with Crippen LogP contribution in [0.1, 0.15) is 11.1 Å². The lowest BCUT2D eigenvalue weighted by Gasteiger charge is -2.35. The van der Waals surface area contributed by atoms with Gasteiger partial charge in [0.1, 0.15) is 0 Å². The first-order valence-corrected chi connectivity index (χ1v) is 16.0. The van der Waals surface area contributed by atoms with Crippen molar-refractivity contribution >= 4 is 35.2 Å². The number of nitrogens with zero attached hydrogens (tertiary/aromatic N) is 8. The molecule has 0 radical (unpaired) electrons. The van der Waals surface area contributed by atoms with E-state index >= 15 is 0 Å². The minimum absolute atomic E-state index is 0.515. The van der Waals surface area contributed by atoms with Gasteiger partial charge in [-0.25, -0.2) is 0 Å². The molecule has 0 unspecified atom stereocenters. The Labute approximate surface area is 321 Å². The van der Waals surface area contributed by atoms with Crippen molar-refractivity contribution in [2.24, 2.45) is 0 Å². The molecule has 0 saturated carbocycles. The fourth-order valence-electron chi connectivity index (χ4n) is 5.07. The van der Waals surface area contributed by atoms with E-state index in [1.54, 1.807) is 0 Å². The van der Waals surface area contributed by atoms with Gasteiger partial charge in [0.15, 0.2) is 0 Å². The van der Waals surface area contributed by atoms with Crippen LogP contribution in [0, 0.1) is 0 Å². The fourth-order valence-corrected chi connectivity index (χ4v) is 5.07. The van der Waals surface area contributed by atoms with Crippen LogP contribution in [0.2, 0.25) is 0 Å². The number of ether oxygens (including phenoxy) is 2. The molecule has 3 heterocycles. The molecule has 60 heavy (non-hydrogen) atoms. The van der Waals surface area contributed by atoms with Gasteiger partial charge in [-0.1, -0.05) is 24.3 Å². The zero-order valence-electron chi connectivity index (χ0n) is 28.8. The highest BCUT2D eigenvalue weighted by atomic mass is 19.4. The second-order valence-electron chi connectivity index (χ2n) is 12.0. The molecule has 0 atom stereocenters. The second kappa shape index (κ2) is 16.2. The Hall–Kier alpha value is -6.00. The number of benzene rings is 2. The van der Waals surface area contributed by atoms with Crippen LogP contribution in [0.4, 0.5) is 114 Å². The first kappa shape index (κ1) is 45.1. The highest BCUT2D eigenvalue weighted by Crippen LogP contribution is 2.40. The molecule has 1 aliphatic rings. The molecule has 4 aromatic rings. The van der Waals surface area contributed by atoms with Gasteiger partial charge in [0.2, 0.25) is 23.8 Å². The standard InChI is InChI=1S/C30H20F18N10O2/c31-25(32,33)13-5-1-3-7-15(13)49-19-51-21(55-23(53-19)59-17(27(37,38)39)28(40,41)42)57-9-11-58(12-10-57)22-52-20(50-16-8-4-2-6-14(16)26(34,35)36)54-24(56-22)60-18(29(43,44)45)30(46,47)48/h1-8,17-18H,9-12H2,(H,49,51,53,55)(H,50,52,54,56). The number of anilines is 6. The van der Waals surface area contributed by atoms with Crippen LogP contribution < -0.4 is 29.9 Å². The second-order valence-corrected chi connectivity index (χ2v) is 12.0. The summed E-state index contributed by atoms with van der Waals surface area (Å²) in [7, 11) is 0. The lowest BCUT2D eigenvalue weighted by molar-refractivity contribution is -0.302. The molecule has 2 N–H and O–H groups in total. The summed E-state index contributed by atoms with van der Waals surface area (Å²) in [5.41, 5.74) is -4.40. The molecule has 5 rings (SSSR count). The predicted octanol–water partition coefficient (Wildman–Crippen LogP) is 8.65. The van der Waals surface area contributed by atoms with E-state index in [4.69, 9.17) is 0 Å². The number of para-hydroxylation sites is 2. The summed E-state index contributed by atoms with van der Waals surface area (Å²) in [4.78, 5) is 22.9. The van der Waals surface area contributed by atoms with Gasteiger partial charge in [0, 0.05) is 26.2 Å². The van der Waals surface area contributed by atoms with E-state index in [1.165, 1.54) is 0 Å². The quantitative estimate of drug-likeness (QED) is 0.148. The maximum atomic E-state index is 13.7. The molecule has 1 saturated heterocycles. The number of piperazine rings is 1. The van der Waals surface area contributed by atoms with E-state index in [0.29, 0.717) is 12.1 Å². The number of nitrogens with one attached hydrogen (secondary N) is 2. The molecule has 1 fully saturated rings. The van der Waals surface area contributed by atoms with E-state index in [-0.39, 0.29) is 0 Å². The monoisotopic (exact) mass is 894 g/mol. The summed E-state index contributed by atoms with van der Waals surface area (Å²) in [6, 6.07) is 3.40. The van der Waals surface area contributed by atoms with E-state index < -0.39 is 134 Å². The number of rotatable bonds is 10. The van der Waals surface area contributed by atoms with Crippen LogP contribution in [0.5, 0.6) is 12.0 Å². The number of hydrogen-bond acceptors (Lipinski definition) is 12. The van der Waals surface area contributed by atoms with Gasteiger partial charge in [-0.2, -0.15) is 109 Å². The van der Waals surface area contributed by atoms with Gasteiger partial charge >= 0.3 is 49.1 Å². The highest BCUT2D eigenvalue weighted by Gasteiger charge is 2.60. The predicted molar refractivity (Wildman–Crippen MR) is 167 cm³/mol. The third kappa shape index (κ3) is 11.2. The van der Waals surface area contributed by atoms with E-state index in [0.717, 1.165) is 46.2 Å². The fraction of sp³-hybridized carbons (Fsp3) is 0.400. The molecular formula is C30H20F18N10O2. The molecule has 0 bridgehead atoms. The van der Waals surface area contributed by atoms with Gasteiger partial charge in [0.05, 0.1) is 22.5 Å². The molecule has 0 amide bonds. The number of hydrogen-bond donors (Lipinski definition) is 2. The largest absolute Gasteiger partial charge is 0.440 e. The maximum Gasteiger partial charge on any atom is 0.434 e. The Morgan fingerprint density at radius 2 is 0.733 bits per heavy atom. The third-order valence-corrected chi connectivity index (χ3v) is 7.65.